The zero-order valence-corrected chi connectivity index (χ0v) is 12.1. The van der Waals surface area contributed by atoms with Crippen LogP contribution >= 0.6 is 0 Å². The largest absolute Gasteiger partial charge is 0.265 e. The van der Waals surface area contributed by atoms with Gasteiger partial charge in [0, 0.05) is 23.3 Å². The van der Waals surface area contributed by atoms with Crippen LogP contribution < -0.4 is 0 Å². The van der Waals surface area contributed by atoms with E-state index in [2.05, 4.69) is 21.4 Å². The van der Waals surface area contributed by atoms with Crippen molar-refractivity contribution in [3.63, 3.8) is 0 Å². The highest BCUT2D eigenvalue weighted by molar-refractivity contribution is 5.90. The van der Waals surface area contributed by atoms with Crippen LogP contribution in [0.4, 0.5) is 0 Å². The average Bonchev–Trinajstić information content (AvgIpc) is 3.06. The third kappa shape index (κ3) is 2.14. The Morgan fingerprint density at radius 1 is 0.913 bits per heavy atom. The van der Waals surface area contributed by atoms with E-state index in [1.807, 2.05) is 54.6 Å². The molecule has 0 amide bonds. The number of hydrogen-bond donors (Lipinski definition) is 0. The molecule has 0 spiro atoms. The Morgan fingerprint density at radius 3 is 2.52 bits per heavy atom. The van der Waals surface area contributed by atoms with E-state index in [-0.39, 0.29) is 0 Å². The smallest absolute Gasteiger partial charge is 0.191 e. The van der Waals surface area contributed by atoms with Gasteiger partial charge in [-0.3, -0.25) is 4.98 Å². The van der Waals surface area contributed by atoms with Crippen LogP contribution in [0.25, 0.3) is 27.7 Å². The molecule has 4 rings (SSSR count). The second kappa shape index (κ2) is 5.35. The normalized spacial score (nSPS) is 10.6. The molecule has 0 bridgehead atoms. The molecule has 0 saturated carbocycles. The quantitative estimate of drug-likeness (QED) is 0.569. The van der Waals surface area contributed by atoms with Crippen LogP contribution in [0.5, 0.6) is 0 Å². The van der Waals surface area contributed by atoms with Gasteiger partial charge in [-0.25, -0.2) is 4.68 Å². The van der Waals surface area contributed by atoms with Crippen LogP contribution in [0.15, 0.2) is 67.0 Å². The van der Waals surface area contributed by atoms with E-state index in [0.717, 1.165) is 22.0 Å². The van der Waals surface area contributed by atoms with Gasteiger partial charge in [0.05, 0.1) is 5.69 Å². The zero-order valence-electron chi connectivity index (χ0n) is 12.1. The summed E-state index contributed by atoms with van der Waals surface area (Å²) in [6.07, 6.45) is 3.38. The summed E-state index contributed by atoms with van der Waals surface area (Å²) in [6.45, 7) is 0. The number of benzene rings is 2. The van der Waals surface area contributed by atoms with Gasteiger partial charge in [0.2, 0.25) is 0 Å². The Hall–Kier alpha value is -3.52. The molecule has 0 aliphatic heterocycles. The van der Waals surface area contributed by atoms with Gasteiger partial charge in [-0.1, -0.05) is 41.6 Å². The van der Waals surface area contributed by atoms with Crippen LogP contribution in [-0.2, 0) is 0 Å². The van der Waals surface area contributed by atoms with Crippen LogP contribution in [0.3, 0.4) is 0 Å². The lowest BCUT2D eigenvalue weighted by Gasteiger charge is -2.09. The predicted octanol–water partition coefficient (Wildman–Crippen LogP) is 3.35. The van der Waals surface area contributed by atoms with Crippen molar-refractivity contribution in [3.05, 3.63) is 72.7 Å². The number of fused-ring (bicyclic) bond motifs is 1. The second-order valence-corrected chi connectivity index (χ2v) is 5.04. The van der Waals surface area contributed by atoms with Crippen LogP contribution in [0, 0.1) is 11.3 Å². The van der Waals surface area contributed by atoms with Crippen molar-refractivity contribution in [3.8, 4) is 23.0 Å². The minimum absolute atomic E-state index is 0.295. The van der Waals surface area contributed by atoms with Gasteiger partial charge in [-0.15, -0.1) is 5.10 Å². The third-order valence-corrected chi connectivity index (χ3v) is 3.72. The first kappa shape index (κ1) is 13.2. The molecule has 5 heteroatoms. The van der Waals surface area contributed by atoms with Gasteiger partial charge >= 0.3 is 0 Å². The number of nitriles is 1. The lowest BCUT2D eigenvalue weighted by atomic mass is 10.1. The number of rotatable bonds is 2. The maximum absolute atomic E-state index is 9.37. The average molecular weight is 297 g/mol. The summed E-state index contributed by atoms with van der Waals surface area (Å²) in [5.41, 5.74) is 2.72. The molecular formula is C18H11N5. The molecule has 0 radical (unpaired) electrons. The molecule has 5 nitrogen and oxygen atoms in total. The fourth-order valence-electron chi connectivity index (χ4n) is 2.69. The van der Waals surface area contributed by atoms with E-state index in [4.69, 9.17) is 0 Å². The molecule has 23 heavy (non-hydrogen) atoms. The molecule has 0 atom stereocenters. The highest BCUT2D eigenvalue weighted by atomic mass is 15.4. The molecule has 2 aromatic heterocycles. The van der Waals surface area contributed by atoms with E-state index in [1.165, 1.54) is 0 Å². The van der Waals surface area contributed by atoms with Crippen molar-refractivity contribution in [2.24, 2.45) is 0 Å². The maximum atomic E-state index is 9.37. The maximum Gasteiger partial charge on any atom is 0.191 e. The molecule has 0 N–H and O–H groups in total. The zero-order chi connectivity index (χ0) is 15.6. The predicted molar refractivity (Wildman–Crippen MR) is 86.8 cm³/mol. The van der Waals surface area contributed by atoms with Crippen molar-refractivity contribution >= 4 is 10.8 Å². The lowest BCUT2D eigenvalue weighted by Crippen LogP contribution is -2.00. The molecular weight excluding hydrogens is 286 g/mol. The highest BCUT2D eigenvalue weighted by Crippen LogP contribution is 2.28. The van der Waals surface area contributed by atoms with Crippen molar-refractivity contribution < 1.29 is 0 Å². The Morgan fingerprint density at radius 2 is 1.70 bits per heavy atom. The van der Waals surface area contributed by atoms with Crippen LogP contribution in [0.2, 0.25) is 0 Å². The van der Waals surface area contributed by atoms with E-state index >= 15 is 0 Å². The molecule has 0 unspecified atom stereocenters. The number of nitrogens with zero attached hydrogens (tertiary/aromatic N) is 5. The topological polar surface area (TPSA) is 67.4 Å². The number of aromatic nitrogens is 4. The SMILES string of the molecule is N#Cc1nnn(-c2cccc3ccccc23)c1-c1ccncc1. The van der Waals surface area contributed by atoms with E-state index in [9.17, 15) is 5.26 Å². The Kier molecular flexibility index (Phi) is 3.06. The standard InChI is InChI=1S/C18H11N5/c19-12-16-18(14-8-10-20-11-9-14)23(22-21-16)17-7-3-5-13-4-1-2-6-15(13)17/h1-11H. The fraction of sp³-hybridized carbons (Fsp3) is 0. The Bertz CT molecular complexity index is 1020. The minimum Gasteiger partial charge on any atom is -0.265 e. The van der Waals surface area contributed by atoms with Gasteiger partial charge in [0.15, 0.2) is 5.69 Å². The van der Waals surface area contributed by atoms with Crippen molar-refractivity contribution in [1.82, 2.24) is 20.0 Å². The van der Waals surface area contributed by atoms with Crippen molar-refractivity contribution in [2.75, 3.05) is 0 Å². The minimum atomic E-state index is 0.295. The number of hydrogen-bond acceptors (Lipinski definition) is 4. The van der Waals surface area contributed by atoms with Gasteiger partial charge in [0.1, 0.15) is 11.8 Å². The van der Waals surface area contributed by atoms with E-state index in [0.29, 0.717) is 11.4 Å². The first-order valence-electron chi connectivity index (χ1n) is 7.13. The molecule has 108 valence electrons. The monoisotopic (exact) mass is 297 g/mol. The van der Waals surface area contributed by atoms with Gasteiger partial charge in [0.25, 0.3) is 0 Å². The van der Waals surface area contributed by atoms with Crippen molar-refractivity contribution in [1.29, 1.82) is 5.26 Å². The van der Waals surface area contributed by atoms with Crippen LogP contribution in [-0.4, -0.2) is 20.0 Å². The number of pyridine rings is 1. The van der Waals surface area contributed by atoms with Crippen molar-refractivity contribution in [2.45, 2.75) is 0 Å². The Balaban J connectivity index is 2.04. The van der Waals surface area contributed by atoms with Gasteiger partial charge < -0.3 is 0 Å². The summed E-state index contributed by atoms with van der Waals surface area (Å²) in [5, 5.41) is 19.8. The fourth-order valence-corrected chi connectivity index (χ4v) is 2.69. The third-order valence-electron chi connectivity index (χ3n) is 3.72. The molecule has 4 aromatic rings. The summed E-state index contributed by atoms with van der Waals surface area (Å²) < 4.78 is 1.72. The molecule has 0 saturated heterocycles. The molecule has 0 fully saturated rings. The second-order valence-electron chi connectivity index (χ2n) is 5.04. The van der Waals surface area contributed by atoms with Gasteiger partial charge in [-0.05, 0) is 23.6 Å². The van der Waals surface area contributed by atoms with E-state index in [1.54, 1.807) is 17.1 Å². The lowest BCUT2D eigenvalue weighted by molar-refractivity contribution is 0.811. The molecule has 0 aliphatic rings. The highest BCUT2D eigenvalue weighted by Gasteiger charge is 2.17. The van der Waals surface area contributed by atoms with E-state index < -0.39 is 0 Å². The summed E-state index contributed by atoms with van der Waals surface area (Å²) in [6, 6.07) is 19.9. The summed E-state index contributed by atoms with van der Waals surface area (Å²) in [4.78, 5) is 4.03. The molecule has 0 aliphatic carbocycles. The van der Waals surface area contributed by atoms with Crippen LogP contribution in [0.1, 0.15) is 5.69 Å². The molecule has 2 heterocycles. The van der Waals surface area contributed by atoms with Gasteiger partial charge in [-0.2, -0.15) is 5.26 Å². The summed E-state index contributed by atoms with van der Waals surface area (Å²) >= 11 is 0. The summed E-state index contributed by atoms with van der Waals surface area (Å²) in [7, 11) is 0. The molecule has 2 aromatic carbocycles. The summed E-state index contributed by atoms with van der Waals surface area (Å²) in [5.74, 6) is 0. The first-order chi connectivity index (χ1) is 11.4. The first-order valence-corrected chi connectivity index (χ1v) is 7.13. The Labute approximate surface area is 132 Å².